The highest BCUT2D eigenvalue weighted by Gasteiger charge is 2.30. The van der Waals surface area contributed by atoms with Crippen LogP contribution in [0.2, 0.25) is 5.02 Å². The van der Waals surface area contributed by atoms with Crippen LogP contribution in [0, 0.1) is 0 Å². The second kappa shape index (κ2) is 7.58. The number of nitrogens with zero attached hydrogens (tertiary/aromatic N) is 2. The van der Waals surface area contributed by atoms with Gasteiger partial charge < -0.3 is 5.32 Å². The fraction of sp³-hybridized carbons (Fsp3) is 0.0500. The molecule has 4 rings (SSSR count). The van der Waals surface area contributed by atoms with Crippen LogP contribution < -0.4 is 10.9 Å². The van der Waals surface area contributed by atoms with E-state index in [1.807, 2.05) is 0 Å². The molecule has 2 aromatic heterocycles. The number of hydrogen-bond acceptors (Lipinski definition) is 4. The number of thiazole rings is 1. The van der Waals surface area contributed by atoms with Gasteiger partial charge in [0, 0.05) is 27.9 Å². The summed E-state index contributed by atoms with van der Waals surface area (Å²) in [6, 6.07) is 10.9. The van der Waals surface area contributed by atoms with E-state index in [0.29, 0.717) is 21.2 Å². The average Bonchev–Trinajstić information content (AvgIpc) is 3.13. The number of carbonyl (C=O) groups excluding carboxylic acids is 1. The van der Waals surface area contributed by atoms with Gasteiger partial charge in [0.1, 0.15) is 5.56 Å². The van der Waals surface area contributed by atoms with Gasteiger partial charge in [-0.25, -0.2) is 4.98 Å². The van der Waals surface area contributed by atoms with Crippen molar-refractivity contribution in [2.75, 3.05) is 5.32 Å². The highest BCUT2D eigenvalue weighted by atomic mass is 35.5. The van der Waals surface area contributed by atoms with E-state index in [-0.39, 0.29) is 11.3 Å². The van der Waals surface area contributed by atoms with Crippen molar-refractivity contribution in [1.82, 2.24) is 9.38 Å². The molecule has 0 unspecified atom stereocenters. The first kappa shape index (κ1) is 20.1. The molecule has 1 amide bonds. The molecule has 0 saturated heterocycles. The van der Waals surface area contributed by atoms with Crippen LogP contribution in [0.25, 0.3) is 16.2 Å². The van der Waals surface area contributed by atoms with Gasteiger partial charge in [0.25, 0.3) is 11.5 Å². The lowest BCUT2D eigenvalue weighted by atomic mass is 10.1. The number of halogens is 4. The van der Waals surface area contributed by atoms with Crippen molar-refractivity contribution < 1.29 is 18.0 Å². The molecule has 0 aliphatic heterocycles. The van der Waals surface area contributed by atoms with Crippen molar-refractivity contribution in [1.29, 1.82) is 0 Å². The maximum absolute atomic E-state index is 13.0. The molecule has 0 fully saturated rings. The van der Waals surface area contributed by atoms with E-state index in [1.165, 1.54) is 15.7 Å². The summed E-state index contributed by atoms with van der Waals surface area (Å²) in [6.45, 7) is 0. The second-order valence-corrected chi connectivity index (χ2v) is 7.47. The zero-order valence-electron chi connectivity index (χ0n) is 14.9. The van der Waals surface area contributed by atoms with Gasteiger partial charge >= 0.3 is 6.18 Å². The third-order valence-corrected chi connectivity index (χ3v) is 5.48. The molecular formula is C20H11ClF3N3O2S. The number of fused-ring (bicyclic) bond motifs is 1. The van der Waals surface area contributed by atoms with E-state index >= 15 is 0 Å². The standard InChI is InChI=1S/C20H11ClF3N3O2S/c21-15-4-2-1-3-13(15)16-10-30-19-25-9-14(18(29)27(16)19)17(28)26-12-7-5-11(6-8-12)20(22,23)24/h1-10H,(H,26,28). The number of carbonyl (C=O) groups is 1. The average molecular weight is 450 g/mol. The normalized spacial score (nSPS) is 11.6. The van der Waals surface area contributed by atoms with Crippen LogP contribution in [0.3, 0.4) is 0 Å². The van der Waals surface area contributed by atoms with Crippen LogP contribution >= 0.6 is 22.9 Å². The third-order valence-electron chi connectivity index (χ3n) is 4.31. The lowest BCUT2D eigenvalue weighted by molar-refractivity contribution is -0.137. The maximum atomic E-state index is 13.0. The monoisotopic (exact) mass is 449 g/mol. The summed E-state index contributed by atoms with van der Waals surface area (Å²) in [5.41, 5.74) is -0.489. The molecule has 0 spiro atoms. The second-order valence-electron chi connectivity index (χ2n) is 6.23. The highest BCUT2D eigenvalue weighted by Crippen LogP contribution is 2.31. The molecule has 0 bridgehead atoms. The van der Waals surface area contributed by atoms with Crippen LogP contribution in [-0.2, 0) is 6.18 Å². The van der Waals surface area contributed by atoms with Crippen molar-refractivity contribution in [3.63, 3.8) is 0 Å². The molecule has 0 aliphatic rings. The molecule has 10 heteroatoms. The summed E-state index contributed by atoms with van der Waals surface area (Å²) >= 11 is 7.45. The van der Waals surface area contributed by atoms with Gasteiger partial charge in [-0.3, -0.25) is 14.0 Å². The molecule has 2 heterocycles. The number of anilines is 1. The van der Waals surface area contributed by atoms with Crippen LogP contribution in [0.5, 0.6) is 0 Å². The first-order chi connectivity index (χ1) is 14.3. The number of benzene rings is 2. The van der Waals surface area contributed by atoms with E-state index < -0.39 is 23.2 Å². The van der Waals surface area contributed by atoms with Gasteiger partial charge in [0.05, 0.1) is 11.3 Å². The summed E-state index contributed by atoms with van der Waals surface area (Å²) in [7, 11) is 0. The largest absolute Gasteiger partial charge is 0.416 e. The van der Waals surface area contributed by atoms with Crippen LogP contribution in [0.4, 0.5) is 18.9 Å². The fourth-order valence-electron chi connectivity index (χ4n) is 2.85. The highest BCUT2D eigenvalue weighted by molar-refractivity contribution is 7.15. The van der Waals surface area contributed by atoms with E-state index in [9.17, 15) is 22.8 Å². The van der Waals surface area contributed by atoms with Gasteiger partial charge in [-0.15, -0.1) is 11.3 Å². The Morgan fingerprint density at radius 3 is 2.47 bits per heavy atom. The minimum Gasteiger partial charge on any atom is -0.322 e. The predicted octanol–water partition coefficient (Wildman–Crippen LogP) is 5.35. The molecule has 2 aromatic carbocycles. The predicted molar refractivity (Wildman–Crippen MR) is 109 cm³/mol. The number of alkyl halides is 3. The molecule has 4 aromatic rings. The van der Waals surface area contributed by atoms with Gasteiger partial charge in [-0.1, -0.05) is 29.8 Å². The Morgan fingerprint density at radius 2 is 1.80 bits per heavy atom. The Kier molecular flexibility index (Phi) is 5.08. The lowest BCUT2D eigenvalue weighted by Gasteiger charge is -2.09. The van der Waals surface area contributed by atoms with Gasteiger partial charge in [0.15, 0.2) is 4.96 Å². The summed E-state index contributed by atoms with van der Waals surface area (Å²) in [4.78, 5) is 30.1. The summed E-state index contributed by atoms with van der Waals surface area (Å²) in [5, 5.41) is 4.57. The quantitative estimate of drug-likeness (QED) is 0.458. The SMILES string of the molecule is O=C(Nc1ccc(C(F)(F)F)cc1)c1cnc2scc(-c3ccccc3Cl)n2c1=O. The molecule has 0 aliphatic carbocycles. The molecule has 30 heavy (non-hydrogen) atoms. The lowest BCUT2D eigenvalue weighted by Crippen LogP contribution is -2.26. The number of nitrogens with one attached hydrogen (secondary N) is 1. The zero-order valence-corrected chi connectivity index (χ0v) is 16.5. The Morgan fingerprint density at radius 1 is 1.10 bits per heavy atom. The van der Waals surface area contributed by atoms with Crippen molar-refractivity contribution in [2.24, 2.45) is 0 Å². The zero-order chi connectivity index (χ0) is 21.5. The molecule has 1 N–H and O–H groups in total. The van der Waals surface area contributed by atoms with Crippen molar-refractivity contribution >= 4 is 39.5 Å². The molecule has 152 valence electrons. The Bertz CT molecular complexity index is 1310. The Labute approximate surface area is 176 Å². The minimum absolute atomic E-state index is 0.120. The minimum atomic E-state index is -4.48. The first-order valence-corrected chi connectivity index (χ1v) is 9.74. The summed E-state index contributed by atoms with van der Waals surface area (Å²) < 4.78 is 39.3. The van der Waals surface area contributed by atoms with Crippen molar-refractivity contribution in [3.8, 4) is 11.3 Å². The van der Waals surface area contributed by atoms with E-state index in [2.05, 4.69) is 10.3 Å². The third kappa shape index (κ3) is 3.69. The summed E-state index contributed by atoms with van der Waals surface area (Å²) in [5.74, 6) is -0.780. The van der Waals surface area contributed by atoms with E-state index in [0.717, 1.165) is 30.5 Å². The van der Waals surface area contributed by atoms with Crippen LogP contribution in [0.1, 0.15) is 15.9 Å². The fourth-order valence-corrected chi connectivity index (χ4v) is 3.93. The molecule has 5 nitrogen and oxygen atoms in total. The summed E-state index contributed by atoms with van der Waals surface area (Å²) in [6.07, 6.45) is -3.34. The number of amides is 1. The molecular weight excluding hydrogens is 439 g/mol. The van der Waals surface area contributed by atoms with Gasteiger partial charge in [-0.2, -0.15) is 13.2 Å². The molecule has 0 saturated carbocycles. The van der Waals surface area contributed by atoms with E-state index in [4.69, 9.17) is 11.6 Å². The van der Waals surface area contributed by atoms with Crippen molar-refractivity contribution in [3.05, 3.63) is 86.6 Å². The number of rotatable bonds is 3. The number of hydrogen-bond donors (Lipinski definition) is 1. The molecule has 0 radical (unpaired) electrons. The van der Waals surface area contributed by atoms with Crippen LogP contribution in [0.15, 0.2) is 64.9 Å². The topological polar surface area (TPSA) is 63.5 Å². The van der Waals surface area contributed by atoms with Gasteiger partial charge in [0.2, 0.25) is 0 Å². The smallest absolute Gasteiger partial charge is 0.322 e. The Balaban J connectivity index is 1.70. The van der Waals surface area contributed by atoms with E-state index in [1.54, 1.807) is 29.6 Å². The van der Waals surface area contributed by atoms with Crippen LogP contribution in [-0.4, -0.2) is 15.3 Å². The van der Waals surface area contributed by atoms with Gasteiger partial charge in [-0.05, 0) is 30.3 Å². The maximum Gasteiger partial charge on any atom is 0.416 e. The molecule has 0 atom stereocenters. The van der Waals surface area contributed by atoms with Crippen molar-refractivity contribution in [2.45, 2.75) is 6.18 Å². The first-order valence-electron chi connectivity index (χ1n) is 8.48. The number of aromatic nitrogens is 2. The Hall–Kier alpha value is -3.17.